The fraction of sp³-hybridized carbons (Fsp3) is 0.662. The van der Waals surface area contributed by atoms with E-state index in [0.717, 1.165) is 128 Å². The van der Waals surface area contributed by atoms with Crippen molar-refractivity contribution in [2.75, 3.05) is 40.9 Å². The van der Waals surface area contributed by atoms with Gasteiger partial charge in [-0.2, -0.15) is 0 Å². The molecule has 0 aromatic heterocycles. The monoisotopic (exact) mass is 1150 g/mol. The third kappa shape index (κ3) is 60.6. The highest BCUT2D eigenvalue weighted by atomic mass is 31.2. The fourth-order valence-electron chi connectivity index (χ4n) is 8.58. The minimum Gasteiger partial charge on any atom is -0.456 e. The van der Waals surface area contributed by atoms with E-state index in [4.69, 9.17) is 13.8 Å². The number of likely N-dealkylation sites (N-methyl/N-ethyl adjacent to an activating group) is 1. The lowest BCUT2D eigenvalue weighted by atomic mass is 10.0. The SMILES string of the molecule is CC/C=C\C/C=C\C/C=C\C/C=C\C/C=C\C/C=C\CCCCCCCCC(=O)NC(COP(=O)(O)OCC[N+](C)(C)C)C(/C=C\CCCCCCCCCCCCC)OC(=O)CCC/C=C\C/C=C\C/C=C\C/C=C\CCCCC. The van der Waals surface area contributed by atoms with Crippen molar-refractivity contribution in [2.24, 2.45) is 0 Å². The average Bonchev–Trinajstić information content (AvgIpc) is 3.44. The van der Waals surface area contributed by atoms with Crippen LogP contribution in [0.15, 0.2) is 134 Å². The van der Waals surface area contributed by atoms with E-state index in [-0.39, 0.29) is 31.5 Å². The number of esters is 1. The van der Waals surface area contributed by atoms with Crippen LogP contribution in [-0.2, 0) is 27.9 Å². The average molecular weight is 1150 g/mol. The second-order valence-corrected chi connectivity index (χ2v) is 24.0. The zero-order valence-electron chi connectivity index (χ0n) is 52.7. The molecular formula is C71H122N2O7P+. The van der Waals surface area contributed by atoms with Gasteiger partial charge in [-0.25, -0.2) is 4.57 Å². The predicted octanol–water partition coefficient (Wildman–Crippen LogP) is 20.4. The molecule has 0 aliphatic rings. The number of unbranched alkanes of at least 4 members (excludes halogenated alkanes) is 21. The van der Waals surface area contributed by atoms with Gasteiger partial charge in [-0.15, -0.1) is 0 Å². The predicted molar refractivity (Wildman–Crippen MR) is 350 cm³/mol. The Hall–Kier alpha value is -3.85. The summed E-state index contributed by atoms with van der Waals surface area (Å²) < 4.78 is 30.7. The highest BCUT2D eigenvalue weighted by molar-refractivity contribution is 7.47. The second kappa shape index (κ2) is 59.3. The first-order chi connectivity index (χ1) is 39.4. The lowest BCUT2D eigenvalue weighted by Gasteiger charge is -2.27. The number of phosphoric acid groups is 1. The van der Waals surface area contributed by atoms with Gasteiger partial charge in [-0.1, -0.05) is 251 Å². The van der Waals surface area contributed by atoms with Gasteiger partial charge in [-0.3, -0.25) is 18.6 Å². The van der Waals surface area contributed by atoms with E-state index < -0.39 is 20.0 Å². The van der Waals surface area contributed by atoms with Crippen molar-refractivity contribution in [1.29, 1.82) is 0 Å². The standard InChI is InChI=1S/C71H121N2O7P/c1-7-10-13-16-19-22-25-28-30-32-33-34-35-36-37-38-39-41-42-45-48-51-54-57-60-63-70(74)72-68(67-79-81(76,77)78-66-65-73(4,5)6)69(62-59-56-53-50-47-44-27-24-21-18-15-12-9-3)80-71(75)64-61-58-55-52-49-46-43-40-31-29-26-23-20-17-14-11-8-2/h10,13,19-20,22-23,28-31,33-34,36-37,39,41,43,46,52,55,59,62,68-69H,7-9,11-12,14-18,21,24-27,32,35,38,40,42,44-45,47-51,53-54,56-58,60-61,63-67H2,1-6H3,(H-,72,74,76,77)/p+1/b13-10-,22-19-,23-20-,30-28-,31-29-,34-33-,37-36-,41-39-,46-43-,55-52-,62-59-. The molecule has 462 valence electrons. The maximum absolute atomic E-state index is 13.6. The Bertz CT molecular complexity index is 1850. The van der Waals surface area contributed by atoms with Crippen molar-refractivity contribution < 1.29 is 37.3 Å². The van der Waals surface area contributed by atoms with Crippen LogP contribution < -0.4 is 5.32 Å². The summed E-state index contributed by atoms with van der Waals surface area (Å²) in [5.41, 5.74) is 0. The van der Waals surface area contributed by atoms with Gasteiger partial charge in [0.25, 0.3) is 0 Å². The van der Waals surface area contributed by atoms with Crippen LogP contribution in [0.25, 0.3) is 0 Å². The first kappa shape index (κ1) is 77.2. The van der Waals surface area contributed by atoms with Gasteiger partial charge in [0.15, 0.2) is 0 Å². The topological polar surface area (TPSA) is 111 Å². The summed E-state index contributed by atoms with van der Waals surface area (Å²) in [5, 5.41) is 3.04. The number of amides is 1. The van der Waals surface area contributed by atoms with Crippen LogP contribution in [0.5, 0.6) is 0 Å². The maximum Gasteiger partial charge on any atom is 0.472 e. The normalized spacial score (nSPS) is 14.5. The van der Waals surface area contributed by atoms with E-state index in [1.807, 2.05) is 33.3 Å². The molecule has 81 heavy (non-hydrogen) atoms. The van der Waals surface area contributed by atoms with Gasteiger partial charge in [0.2, 0.25) is 5.91 Å². The number of nitrogens with one attached hydrogen (secondary N) is 1. The maximum atomic E-state index is 13.6. The minimum absolute atomic E-state index is 0.0214. The highest BCUT2D eigenvalue weighted by Crippen LogP contribution is 2.43. The minimum atomic E-state index is -4.48. The van der Waals surface area contributed by atoms with Crippen LogP contribution in [0.3, 0.4) is 0 Å². The van der Waals surface area contributed by atoms with Crippen molar-refractivity contribution in [3.05, 3.63) is 134 Å². The molecule has 3 atom stereocenters. The number of nitrogens with zero attached hydrogens (tertiary/aromatic N) is 1. The first-order valence-corrected chi connectivity index (χ1v) is 34.0. The molecule has 0 aromatic rings. The van der Waals surface area contributed by atoms with Crippen LogP contribution in [0.2, 0.25) is 0 Å². The first-order valence-electron chi connectivity index (χ1n) is 32.5. The number of ether oxygens (including phenoxy) is 1. The number of allylic oxidation sites excluding steroid dienone is 21. The molecule has 0 fully saturated rings. The van der Waals surface area contributed by atoms with Crippen molar-refractivity contribution in [3.8, 4) is 0 Å². The molecule has 0 rings (SSSR count). The zero-order valence-corrected chi connectivity index (χ0v) is 53.6. The molecule has 2 N–H and O–H groups in total. The summed E-state index contributed by atoms with van der Waals surface area (Å²) >= 11 is 0. The lowest BCUT2D eigenvalue weighted by molar-refractivity contribution is -0.870. The number of carbonyl (C=O) groups excluding carboxylic acids is 2. The molecule has 0 saturated carbocycles. The van der Waals surface area contributed by atoms with Gasteiger partial charge >= 0.3 is 13.8 Å². The van der Waals surface area contributed by atoms with Crippen LogP contribution in [0.1, 0.15) is 252 Å². The molecule has 0 aliphatic carbocycles. The van der Waals surface area contributed by atoms with Gasteiger partial charge < -0.3 is 19.4 Å². The molecule has 1 amide bonds. The molecule has 0 spiro atoms. The van der Waals surface area contributed by atoms with Crippen molar-refractivity contribution in [3.63, 3.8) is 0 Å². The van der Waals surface area contributed by atoms with Gasteiger partial charge in [0.1, 0.15) is 19.3 Å². The molecule has 10 heteroatoms. The van der Waals surface area contributed by atoms with Gasteiger partial charge in [0.05, 0.1) is 33.8 Å². The smallest absolute Gasteiger partial charge is 0.456 e. The van der Waals surface area contributed by atoms with Crippen molar-refractivity contribution >= 4 is 19.7 Å². The van der Waals surface area contributed by atoms with Gasteiger partial charge in [0, 0.05) is 12.8 Å². The Morgan fingerprint density at radius 1 is 0.444 bits per heavy atom. The molecule has 0 aromatic carbocycles. The number of hydrogen-bond acceptors (Lipinski definition) is 6. The van der Waals surface area contributed by atoms with Crippen LogP contribution >= 0.6 is 7.82 Å². The molecule has 9 nitrogen and oxygen atoms in total. The third-order valence-corrected chi connectivity index (χ3v) is 14.6. The molecule has 3 unspecified atom stereocenters. The van der Waals surface area contributed by atoms with Crippen molar-refractivity contribution in [2.45, 2.75) is 264 Å². The summed E-state index contributed by atoms with van der Waals surface area (Å²) in [7, 11) is 1.44. The number of quaternary nitrogens is 1. The van der Waals surface area contributed by atoms with Gasteiger partial charge in [-0.05, 0) is 122 Å². The van der Waals surface area contributed by atoms with Crippen LogP contribution in [0, 0.1) is 0 Å². The molecule has 0 radical (unpaired) electrons. The zero-order chi connectivity index (χ0) is 59.3. The number of phosphoric ester groups is 1. The Morgan fingerprint density at radius 3 is 1.23 bits per heavy atom. The van der Waals surface area contributed by atoms with E-state index in [9.17, 15) is 19.0 Å². The Labute approximate surface area is 498 Å². The molecule has 0 bridgehead atoms. The number of hydrogen-bond donors (Lipinski definition) is 2. The van der Waals surface area contributed by atoms with E-state index in [1.54, 1.807) is 0 Å². The van der Waals surface area contributed by atoms with E-state index in [1.165, 1.54) is 83.5 Å². The van der Waals surface area contributed by atoms with Crippen LogP contribution in [-0.4, -0.2) is 74.3 Å². The number of carbonyl (C=O) groups is 2. The highest BCUT2D eigenvalue weighted by Gasteiger charge is 2.30. The van der Waals surface area contributed by atoms with Crippen LogP contribution in [0.4, 0.5) is 0 Å². The van der Waals surface area contributed by atoms with E-state index >= 15 is 0 Å². The quantitative estimate of drug-likeness (QED) is 0.0205. The number of rotatable bonds is 57. The largest absolute Gasteiger partial charge is 0.472 e. The molecular weight excluding hydrogens is 1020 g/mol. The van der Waals surface area contributed by atoms with E-state index in [0.29, 0.717) is 23.9 Å². The third-order valence-electron chi connectivity index (χ3n) is 13.6. The Balaban J connectivity index is 5.33. The summed E-state index contributed by atoms with van der Waals surface area (Å²) in [6.07, 6.45) is 84.6. The Morgan fingerprint density at radius 2 is 0.802 bits per heavy atom. The van der Waals surface area contributed by atoms with E-state index in [2.05, 4.69) is 148 Å². The Kier molecular flexibility index (Phi) is 56.5. The summed E-state index contributed by atoms with van der Waals surface area (Å²) in [4.78, 5) is 37.8. The lowest BCUT2D eigenvalue weighted by Crippen LogP contribution is -2.47. The second-order valence-electron chi connectivity index (χ2n) is 22.5. The van der Waals surface area contributed by atoms with Crippen molar-refractivity contribution in [1.82, 2.24) is 5.32 Å². The molecule has 0 saturated heterocycles. The fourth-order valence-corrected chi connectivity index (χ4v) is 9.32. The molecule has 0 aliphatic heterocycles. The summed E-state index contributed by atoms with van der Waals surface area (Å²) in [6, 6.07) is -0.889. The summed E-state index contributed by atoms with van der Waals surface area (Å²) in [5.74, 6) is -0.595. The summed E-state index contributed by atoms with van der Waals surface area (Å²) in [6.45, 7) is 6.81. The molecule has 0 heterocycles.